The van der Waals surface area contributed by atoms with Gasteiger partial charge in [-0.15, -0.1) is 0 Å². The highest BCUT2D eigenvalue weighted by Crippen LogP contribution is 2.08. The third-order valence-corrected chi connectivity index (χ3v) is 2.97. The molecule has 1 aromatic rings. The molecule has 0 unspecified atom stereocenters. The van der Waals surface area contributed by atoms with Gasteiger partial charge in [-0.3, -0.25) is 9.59 Å². The second kappa shape index (κ2) is 7.87. The fourth-order valence-electron chi connectivity index (χ4n) is 1.41. The molecule has 1 heterocycles. The van der Waals surface area contributed by atoms with Crippen molar-refractivity contribution < 1.29 is 14.3 Å². The van der Waals surface area contributed by atoms with Gasteiger partial charge in [0, 0.05) is 13.0 Å². The van der Waals surface area contributed by atoms with Crippen molar-refractivity contribution in [3.05, 3.63) is 22.4 Å². The molecule has 1 N–H and O–H groups in total. The van der Waals surface area contributed by atoms with Crippen LogP contribution in [0.5, 0.6) is 0 Å². The lowest BCUT2D eigenvalue weighted by Crippen LogP contribution is -2.27. The molecule has 0 aromatic carbocycles. The molecule has 0 aliphatic rings. The Kier molecular flexibility index (Phi) is 6.43. The van der Waals surface area contributed by atoms with Gasteiger partial charge in [-0.05, 0) is 42.7 Å². The third kappa shape index (κ3) is 6.39. The average molecular weight is 269 g/mol. The maximum atomic E-state index is 11.5. The second-order valence-electron chi connectivity index (χ2n) is 4.27. The largest absolute Gasteiger partial charge is 0.463 e. The summed E-state index contributed by atoms with van der Waals surface area (Å²) in [4.78, 5) is 22.7. The molecule has 0 fully saturated rings. The van der Waals surface area contributed by atoms with Crippen LogP contribution in [0.15, 0.2) is 16.8 Å². The lowest BCUT2D eigenvalue weighted by molar-refractivity contribution is -0.147. The normalized spacial score (nSPS) is 10.4. The predicted molar refractivity (Wildman–Crippen MR) is 71.5 cm³/mol. The van der Waals surface area contributed by atoms with E-state index in [9.17, 15) is 9.59 Å². The molecule has 0 atom stereocenters. The highest BCUT2D eigenvalue weighted by molar-refractivity contribution is 7.07. The molecule has 100 valence electrons. The minimum Gasteiger partial charge on any atom is -0.463 e. The monoisotopic (exact) mass is 269 g/mol. The Labute approximate surface area is 111 Å². The summed E-state index contributed by atoms with van der Waals surface area (Å²) in [7, 11) is 0. The number of aryl methyl sites for hydroxylation is 1. The quantitative estimate of drug-likeness (QED) is 0.772. The molecule has 4 nitrogen and oxygen atoms in total. The van der Waals surface area contributed by atoms with Gasteiger partial charge in [0.05, 0.1) is 12.5 Å². The zero-order chi connectivity index (χ0) is 13.4. The Bertz CT molecular complexity index is 374. The van der Waals surface area contributed by atoms with Gasteiger partial charge >= 0.3 is 5.97 Å². The SMILES string of the molecule is CC(C)OC(=O)CCNC(=O)CCc1ccsc1. The number of ether oxygens (including phenoxy) is 1. The molecule has 0 aliphatic carbocycles. The van der Waals surface area contributed by atoms with Crippen LogP contribution in [0, 0.1) is 0 Å². The minimum atomic E-state index is -0.275. The Morgan fingerprint density at radius 1 is 1.39 bits per heavy atom. The van der Waals surface area contributed by atoms with Crippen LogP contribution in [0.1, 0.15) is 32.3 Å². The molecule has 1 rings (SSSR count). The molecule has 0 saturated heterocycles. The highest BCUT2D eigenvalue weighted by Gasteiger charge is 2.07. The van der Waals surface area contributed by atoms with Crippen LogP contribution in [-0.4, -0.2) is 24.5 Å². The number of carbonyl (C=O) groups is 2. The molecule has 0 radical (unpaired) electrons. The second-order valence-corrected chi connectivity index (χ2v) is 5.05. The van der Waals surface area contributed by atoms with E-state index in [1.165, 1.54) is 5.56 Å². The van der Waals surface area contributed by atoms with Crippen molar-refractivity contribution >= 4 is 23.2 Å². The Morgan fingerprint density at radius 3 is 2.78 bits per heavy atom. The summed E-state index contributed by atoms with van der Waals surface area (Å²) in [5, 5.41) is 6.74. The molecule has 0 saturated carbocycles. The topological polar surface area (TPSA) is 55.4 Å². The van der Waals surface area contributed by atoms with Gasteiger partial charge in [-0.1, -0.05) is 0 Å². The number of carbonyl (C=O) groups excluding carboxylic acids is 2. The zero-order valence-electron chi connectivity index (χ0n) is 10.8. The van der Waals surface area contributed by atoms with Crippen molar-refractivity contribution in [2.75, 3.05) is 6.54 Å². The van der Waals surface area contributed by atoms with Gasteiger partial charge in [-0.25, -0.2) is 0 Å². The summed E-state index contributed by atoms with van der Waals surface area (Å²) in [5.74, 6) is -0.304. The Hall–Kier alpha value is -1.36. The van der Waals surface area contributed by atoms with Gasteiger partial charge < -0.3 is 10.1 Å². The molecule has 0 spiro atoms. The van der Waals surface area contributed by atoms with Crippen LogP contribution in [-0.2, 0) is 20.7 Å². The van der Waals surface area contributed by atoms with E-state index in [1.54, 1.807) is 25.2 Å². The molecule has 0 aliphatic heterocycles. The lowest BCUT2D eigenvalue weighted by atomic mass is 10.2. The maximum absolute atomic E-state index is 11.5. The van der Waals surface area contributed by atoms with E-state index in [4.69, 9.17) is 4.74 Å². The maximum Gasteiger partial charge on any atom is 0.307 e. The number of hydrogen-bond donors (Lipinski definition) is 1. The summed E-state index contributed by atoms with van der Waals surface area (Å²) in [5.41, 5.74) is 1.18. The van der Waals surface area contributed by atoms with Gasteiger partial charge in [0.25, 0.3) is 0 Å². The lowest BCUT2D eigenvalue weighted by Gasteiger charge is -2.08. The zero-order valence-corrected chi connectivity index (χ0v) is 11.6. The summed E-state index contributed by atoms with van der Waals surface area (Å²) >= 11 is 1.63. The van der Waals surface area contributed by atoms with Crippen LogP contribution < -0.4 is 5.32 Å². The van der Waals surface area contributed by atoms with Gasteiger partial charge in [0.1, 0.15) is 0 Å². The van der Waals surface area contributed by atoms with E-state index in [2.05, 4.69) is 5.32 Å². The Balaban J connectivity index is 2.08. The van der Waals surface area contributed by atoms with Gasteiger partial charge in [0.2, 0.25) is 5.91 Å². The molecule has 18 heavy (non-hydrogen) atoms. The average Bonchev–Trinajstić information content (AvgIpc) is 2.78. The number of hydrogen-bond acceptors (Lipinski definition) is 4. The van der Waals surface area contributed by atoms with Crippen molar-refractivity contribution in [1.82, 2.24) is 5.32 Å². The van der Waals surface area contributed by atoms with Gasteiger partial charge in [0.15, 0.2) is 0 Å². The molecule has 5 heteroatoms. The standard InChI is InChI=1S/C13H19NO3S/c1-10(2)17-13(16)5-7-14-12(15)4-3-11-6-8-18-9-11/h6,8-10H,3-5,7H2,1-2H3,(H,14,15). The molecule has 1 amide bonds. The molecular weight excluding hydrogens is 250 g/mol. The third-order valence-electron chi connectivity index (χ3n) is 2.24. The van der Waals surface area contributed by atoms with E-state index in [1.807, 2.05) is 16.8 Å². The van der Waals surface area contributed by atoms with E-state index >= 15 is 0 Å². The van der Waals surface area contributed by atoms with Crippen LogP contribution in [0.3, 0.4) is 0 Å². The van der Waals surface area contributed by atoms with Crippen molar-refractivity contribution in [2.45, 2.75) is 39.2 Å². The van der Waals surface area contributed by atoms with Crippen molar-refractivity contribution in [3.8, 4) is 0 Å². The van der Waals surface area contributed by atoms with E-state index < -0.39 is 0 Å². The summed E-state index contributed by atoms with van der Waals surface area (Å²) in [6, 6.07) is 2.01. The van der Waals surface area contributed by atoms with E-state index in [-0.39, 0.29) is 24.4 Å². The number of nitrogens with one attached hydrogen (secondary N) is 1. The van der Waals surface area contributed by atoms with Crippen LogP contribution in [0.25, 0.3) is 0 Å². The first-order valence-electron chi connectivity index (χ1n) is 6.05. The first kappa shape index (κ1) is 14.7. The van der Waals surface area contributed by atoms with E-state index in [0.717, 1.165) is 6.42 Å². The Morgan fingerprint density at radius 2 is 2.17 bits per heavy atom. The summed E-state index contributed by atoms with van der Waals surface area (Å²) in [6.45, 7) is 3.95. The fourth-order valence-corrected chi connectivity index (χ4v) is 2.11. The summed E-state index contributed by atoms with van der Waals surface area (Å²) < 4.78 is 4.96. The number of rotatable bonds is 7. The van der Waals surface area contributed by atoms with Crippen LogP contribution in [0.4, 0.5) is 0 Å². The van der Waals surface area contributed by atoms with Crippen molar-refractivity contribution in [2.24, 2.45) is 0 Å². The predicted octanol–water partition coefficient (Wildman–Crippen LogP) is 2.14. The van der Waals surface area contributed by atoms with Crippen molar-refractivity contribution in [3.63, 3.8) is 0 Å². The highest BCUT2D eigenvalue weighted by atomic mass is 32.1. The summed E-state index contributed by atoms with van der Waals surface area (Å²) in [6.07, 6.45) is 1.32. The minimum absolute atomic E-state index is 0.0291. The molecule has 0 bridgehead atoms. The smallest absolute Gasteiger partial charge is 0.307 e. The number of amides is 1. The van der Waals surface area contributed by atoms with Crippen LogP contribution >= 0.6 is 11.3 Å². The van der Waals surface area contributed by atoms with E-state index in [0.29, 0.717) is 13.0 Å². The van der Waals surface area contributed by atoms with Crippen molar-refractivity contribution in [1.29, 1.82) is 0 Å². The fraction of sp³-hybridized carbons (Fsp3) is 0.538. The number of thiophene rings is 1. The molecule has 1 aromatic heterocycles. The first-order valence-corrected chi connectivity index (χ1v) is 6.99. The first-order chi connectivity index (χ1) is 8.58. The van der Waals surface area contributed by atoms with Crippen LogP contribution in [0.2, 0.25) is 0 Å². The van der Waals surface area contributed by atoms with Gasteiger partial charge in [-0.2, -0.15) is 11.3 Å². The number of esters is 1. The molecular formula is C13H19NO3S.